The van der Waals surface area contributed by atoms with Gasteiger partial charge in [-0.25, -0.2) is 4.79 Å². The molecular weight excluding hydrogens is 1500 g/mol. The van der Waals surface area contributed by atoms with E-state index in [0.29, 0.717) is 0 Å². The highest BCUT2D eigenvalue weighted by molar-refractivity contribution is 7.98. The molecule has 0 unspecified atom stereocenters. The van der Waals surface area contributed by atoms with Gasteiger partial charge in [-0.15, -0.1) is 0 Å². The average molecular weight is 1610 g/mol. The highest BCUT2D eigenvalue weighted by Gasteiger charge is 2.38. The van der Waals surface area contributed by atoms with Crippen LogP contribution in [0.3, 0.4) is 0 Å². The second-order valence-electron chi connectivity index (χ2n) is 25.5. The number of carbonyl (C=O) groups excluding carboxylic acids is 16. The summed E-state index contributed by atoms with van der Waals surface area (Å²) in [5.41, 5.74) is 26.9. The van der Waals surface area contributed by atoms with Gasteiger partial charge >= 0.3 is 23.9 Å². The predicted molar refractivity (Wildman–Crippen MR) is 389 cm³/mol. The van der Waals surface area contributed by atoms with Crippen LogP contribution < -0.4 is 103 Å². The number of thioether (sulfide) groups is 1. The van der Waals surface area contributed by atoms with Gasteiger partial charge in [0.1, 0.15) is 78.5 Å². The van der Waals surface area contributed by atoms with Crippen LogP contribution in [-0.4, -0.2) is 283 Å². The van der Waals surface area contributed by atoms with Crippen LogP contribution in [0.15, 0.2) is 4.99 Å². The van der Waals surface area contributed by atoms with Gasteiger partial charge in [-0.1, -0.05) is 13.8 Å². The van der Waals surface area contributed by atoms with Crippen LogP contribution in [0.4, 0.5) is 0 Å². The molecule has 0 saturated heterocycles. The number of aliphatic imine (C=N–C) groups is 1. The van der Waals surface area contributed by atoms with Crippen molar-refractivity contribution in [2.24, 2.45) is 39.6 Å². The van der Waals surface area contributed by atoms with E-state index in [1.165, 1.54) is 6.92 Å². The quantitative estimate of drug-likeness (QED) is 0.0116. The number of carbonyl (C=O) groups is 20. The first-order chi connectivity index (χ1) is 51.1. The Kier molecular flexibility index (Phi) is 45.8. The molecule has 46 nitrogen and oxygen atoms in total. The number of carboxylic acid groups (broad SMARTS) is 4. The molecule has 0 aliphatic rings. The molecule has 0 aliphatic heterocycles. The summed E-state index contributed by atoms with van der Waals surface area (Å²) in [4.78, 5) is 263. The van der Waals surface area contributed by atoms with E-state index in [0.717, 1.165) is 39.5 Å². The number of hydrogen-bond acceptors (Lipinski definition) is 26. The van der Waals surface area contributed by atoms with E-state index in [1.807, 2.05) is 0 Å². The summed E-state index contributed by atoms with van der Waals surface area (Å²) in [5.74, 6) is -25.0. The standard InChI is InChI=1S/C62H104N20O26S2/c1-25(2)20-38(61(107)108)79-54(100)35(13-16-45(92)93)78-59(105)47(30(7)84)82-56(102)32(10-9-18-68-62(66)67)75-58(104)39(24-109)80-60(106)46(29(6)83)81-50(96)28(5)72-53(99)34(12-15-44(90)91)76-55(101)36(17-19-110-8)77-57(103)37(22-41(65)86)73-42(87)23-69-48(94)26(3)71-52(98)33(11-14-43(88)89)74-49(95)27(4)70-51(97)31(63)21-40(64)85/h25-39,46-47,83-84,109H,9-24,63H2,1-8H3,(H2,64,85)(H2,65,86)(H,69,94)(H,70,97)(H,71,98)(H,72,99)(H,73,87)(H,74,95)(H,75,104)(H,76,101)(H,77,103)(H,78,105)(H,79,100)(H,80,106)(H,81,96)(H,82,102)(H,88,89)(H,90,91)(H,92,93)(H,107,108)(H4,66,67,68)/t26-,27-,28-,29+,30+,31-,32-,33-,34-,35-,36-,37-,38-,39-,46-,47-/m0/s1. The molecule has 0 aromatic heterocycles. The van der Waals surface area contributed by atoms with Gasteiger partial charge in [-0.2, -0.15) is 24.4 Å². The van der Waals surface area contributed by atoms with E-state index >= 15 is 0 Å². The van der Waals surface area contributed by atoms with E-state index in [2.05, 4.69) is 92.1 Å². The van der Waals surface area contributed by atoms with Crippen molar-refractivity contribution in [3.8, 4) is 0 Å². The molecule has 16 atom stereocenters. The number of carboxylic acids is 4. The Balaban J connectivity index is 6.54. The van der Waals surface area contributed by atoms with Crippen molar-refractivity contribution in [1.82, 2.24) is 74.4 Å². The first kappa shape index (κ1) is 99.2. The summed E-state index contributed by atoms with van der Waals surface area (Å²) in [6.07, 6.45) is -8.15. The zero-order chi connectivity index (χ0) is 84.6. The number of primary amides is 2. The van der Waals surface area contributed by atoms with Gasteiger partial charge in [-0.05, 0) is 97.5 Å². The summed E-state index contributed by atoms with van der Waals surface area (Å²) in [7, 11) is 0. The lowest BCUT2D eigenvalue weighted by atomic mass is 10.0. The van der Waals surface area contributed by atoms with Crippen LogP contribution in [0.2, 0.25) is 0 Å². The molecule has 0 fully saturated rings. The van der Waals surface area contributed by atoms with Gasteiger partial charge in [0.2, 0.25) is 94.5 Å². The zero-order valence-electron chi connectivity index (χ0n) is 61.7. The van der Waals surface area contributed by atoms with Gasteiger partial charge in [0.15, 0.2) is 5.96 Å². The molecule has 16 amide bonds. The third-order valence-corrected chi connectivity index (χ3v) is 16.4. The minimum absolute atomic E-state index is 0.0629. The van der Waals surface area contributed by atoms with E-state index in [9.17, 15) is 127 Å². The second-order valence-corrected chi connectivity index (χ2v) is 26.9. The zero-order valence-corrected chi connectivity index (χ0v) is 63.4. The van der Waals surface area contributed by atoms with Crippen molar-refractivity contribution in [1.29, 1.82) is 0 Å². The molecule has 0 spiro atoms. The third-order valence-electron chi connectivity index (χ3n) is 15.4. The van der Waals surface area contributed by atoms with Gasteiger partial charge in [0.05, 0.1) is 37.6 Å². The summed E-state index contributed by atoms with van der Waals surface area (Å²) >= 11 is 5.29. The molecule has 0 saturated carbocycles. The van der Waals surface area contributed by atoms with Gasteiger partial charge in [-0.3, -0.25) is 96.1 Å². The number of aliphatic carboxylic acids is 4. The van der Waals surface area contributed by atoms with Gasteiger partial charge in [0, 0.05) is 31.6 Å². The van der Waals surface area contributed by atoms with Crippen LogP contribution in [-0.2, 0) is 95.9 Å². The molecule has 0 bridgehead atoms. The first-order valence-electron chi connectivity index (χ1n) is 34.1. The van der Waals surface area contributed by atoms with Crippen molar-refractivity contribution < 1.29 is 127 Å². The third kappa shape index (κ3) is 39.9. The Hall–Kier alpha value is -10.7. The van der Waals surface area contributed by atoms with E-state index < -0.39 is 279 Å². The Labute approximate surface area is 640 Å². The van der Waals surface area contributed by atoms with Crippen molar-refractivity contribution in [2.45, 2.75) is 222 Å². The topological polar surface area (TPSA) is 774 Å². The van der Waals surface area contributed by atoms with Crippen LogP contribution in [0, 0.1) is 5.92 Å². The Bertz CT molecular complexity index is 3310. The second kappa shape index (κ2) is 50.8. The molecule has 0 aromatic carbocycles. The maximum Gasteiger partial charge on any atom is 0.326 e. The van der Waals surface area contributed by atoms with E-state index in [4.69, 9.17) is 28.7 Å². The van der Waals surface area contributed by atoms with Crippen molar-refractivity contribution in [3.63, 3.8) is 0 Å². The number of aliphatic hydroxyl groups is 2. The number of amides is 16. The number of nitrogens with zero attached hydrogens (tertiary/aromatic N) is 1. The molecule has 30 N–H and O–H groups in total. The Morgan fingerprint density at radius 2 is 0.745 bits per heavy atom. The molecule has 0 radical (unpaired) electrons. The number of nitrogens with two attached hydrogens (primary N) is 5. The van der Waals surface area contributed by atoms with Crippen molar-refractivity contribution in [2.75, 3.05) is 30.9 Å². The molecule has 48 heteroatoms. The number of hydrogen-bond donors (Lipinski definition) is 26. The minimum Gasteiger partial charge on any atom is -0.481 e. The normalized spacial score (nSPS) is 15.3. The van der Waals surface area contributed by atoms with Gasteiger partial charge in [0.25, 0.3) is 0 Å². The number of rotatable bonds is 54. The van der Waals surface area contributed by atoms with Crippen molar-refractivity contribution >= 4 is 149 Å². The summed E-state index contributed by atoms with van der Waals surface area (Å²) in [6, 6.07) is -23.5. The Morgan fingerprint density at radius 1 is 0.400 bits per heavy atom. The lowest BCUT2D eigenvalue weighted by molar-refractivity contribution is -0.143. The highest BCUT2D eigenvalue weighted by atomic mass is 32.2. The smallest absolute Gasteiger partial charge is 0.326 e. The molecule has 0 aromatic rings. The van der Waals surface area contributed by atoms with Crippen LogP contribution in [0.25, 0.3) is 0 Å². The molecule has 110 heavy (non-hydrogen) atoms. The highest BCUT2D eigenvalue weighted by Crippen LogP contribution is 2.12. The van der Waals surface area contributed by atoms with E-state index in [-0.39, 0.29) is 49.9 Å². The number of aliphatic hydroxyl groups excluding tert-OH is 2. The van der Waals surface area contributed by atoms with Gasteiger partial charge < -0.3 is 134 Å². The lowest BCUT2D eigenvalue weighted by Crippen LogP contribution is -2.62. The van der Waals surface area contributed by atoms with E-state index in [1.54, 1.807) is 20.1 Å². The van der Waals surface area contributed by atoms with Crippen LogP contribution in [0.1, 0.15) is 126 Å². The Morgan fingerprint density at radius 3 is 1.15 bits per heavy atom. The SMILES string of the molecule is CSCC[C@H](NC(=O)[C@H](CC(N)=O)NC(=O)CNC(=O)[C@H](C)NC(=O)[C@H](CCC(=O)O)NC(=O)[C@H](C)NC(=O)[C@@H](N)CC(N)=O)C(=O)N[C@@H](CCC(=O)O)C(=O)N[C@@H](C)C(=O)N[C@H](C(=O)N[C@@H](CS)C(=O)N[C@@H](CCCN=C(N)N)C(=O)N[C@H](C(=O)N[C@@H](CCC(=O)O)C(=O)N[C@@H](CC(C)C)C(=O)O)[C@@H](C)O)[C@@H](C)O. The predicted octanol–water partition coefficient (Wildman–Crippen LogP) is -11.2. The number of nitrogens with one attached hydrogen (secondary N) is 14. The van der Waals surface area contributed by atoms with Crippen LogP contribution >= 0.6 is 24.4 Å². The van der Waals surface area contributed by atoms with Crippen LogP contribution in [0.5, 0.6) is 0 Å². The fourth-order valence-electron chi connectivity index (χ4n) is 9.46. The van der Waals surface area contributed by atoms with Crippen molar-refractivity contribution in [3.05, 3.63) is 0 Å². The summed E-state index contributed by atoms with van der Waals surface area (Å²) < 4.78 is 0. The fraction of sp³-hybridized carbons (Fsp3) is 0.661. The lowest BCUT2D eigenvalue weighted by Gasteiger charge is -2.28. The number of guanidine groups is 1. The summed E-state index contributed by atoms with van der Waals surface area (Å²) in [6.45, 7) is 7.65. The largest absolute Gasteiger partial charge is 0.481 e. The summed E-state index contributed by atoms with van der Waals surface area (Å²) in [5, 5.41) is 90.7. The number of thiol groups is 1. The maximum atomic E-state index is 14.0. The molecule has 0 heterocycles. The maximum absolute atomic E-state index is 14.0. The fourth-order valence-corrected chi connectivity index (χ4v) is 10.2. The molecule has 0 aliphatic carbocycles. The monoisotopic (exact) mass is 1610 g/mol. The molecule has 0 rings (SSSR count). The average Bonchev–Trinajstić information content (AvgIpc) is 0.856. The molecular formula is C62H104N20O26S2. The minimum atomic E-state index is -1.96. The first-order valence-corrected chi connectivity index (χ1v) is 36.1. The molecule has 620 valence electrons.